The molecule has 110 valence electrons. The average Bonchev–Trinajstić information content (AvgIpc) is 3.09. The Morgan fingerprint density at radius 2 is 2.14 bits per heavy atom. The molecule has 0 bridgehead atoms. The van der Waals surface area contributed by atoms with Crippen LogP contribution in [0.2, 0.25) is 0 Å². The minimum Gasteiger partial charge on any atom is -0.480 e. The highest BCUT2D eigenvalue weighted by Crippen LogP contribution is 2.22. The Morgan fingerprint density at radius 1 is 1.38 bits per heavy atom. The smallest absolute Gasteiger partial charge is 0.320 e. The minimum atomic E-state index is -0.786. The number of aromatic nitrogens is 2. The van der Waals surface area contributed by atoms with Crippen molar-refractivity contribution in [3.8, 4) is 11.5 Å². The molecule has 0 radical (unpaired) electrons. The summed E-state index contributed by atoms with van der Waals surface area (Å²) in [5, 5.41) is 17.2. The molecule has 3 rings (SSSR count). The zero-order valence-corrected chi connectivity index (χ0v) is 11.8. The van der Waals surface area contributed by atoms with E-state index in [4.69, 9.17) is 9.52 Å². The van der Waals surface area contributed by atoms with Gasteiger partial charge in [0.25, 0.3) is 0 Å². The highest BCUT2D eigenvalue weighted by atomic mass is 16.4. The van der Waals surface area contributed by atoms with Crippen LogP contribution >= 0.6 is 0 Å². The van der Waals surface area contributed by atoms with Gasteiger partial charge < -0.3 is 9.52 Å². The van der Waals surface area contributed by atoms with E-state index in [1.807, 2.05) is 36.1 Å². The third-order valence-electron chi connectivity index (χ3n) is 3.75. The Bertz CT molecular complexity index is 636. The van der Waals surface area contributed by atoms with Crippen LogP contribution < -0.4 is 0 Å². The summed E-state index contributed by atoms with van der Waals surface area (Å²) in [4.78, 5) is 13.0. The molecule has 0 spiro atoms. The molecule has 1 unspecified atom stereocenters. The van der Waals surface area contributed by atoms with Crippen LogP contribution in [0.5, 0.6) is 0 Å². The van der Waals surface area contributed by atoms with Crippen LogP contribution in [-0.2, 0) is 11.3 Å². The largest absolute Gasteiger partial charge is 0.480 e. The van der Waals surface area contributed by atoms with Gasteiger partial charge in [-0.3, -0.25) is 9.69 Å². The van der Waals surface area contributed by atoms with Crippen molar-refractivity contribution in [1.29, 1.82) is 0 Å². The van der Waals surface area contributed by atoms with Gasteiger partial charge in [0.1, 0.15) is 6.04 Å². The van der Waals surface area contributed by atoms with E-state index in [1.54, 1.807) is 0 Å². The molecular weight excluding hydrogens is 270 g/mol. The molecule has 1 aromatic carbocycles. The molecular formula is C15H17N3O3. The van der Waals surface area contributed by atoms with Crippen molar-refractivity contribution in [3.63, 3.8) is 0 Å². The summed E-state index contributed by atoms with van der Waals surface area (Å²) in [6, 6.07) is 7.39. The molecule has 1 aliphatic heterocycles. The van der Waals surface area contributed by atoms with Gasteiger partial charge in [-0.05, 0) is 38.4 Å². The van der Waals surface area contributed by atoms with E-state index in [0.717, 1.165) is 18.5 Å². The predicted octanol–water partition coefficient (Wildman–Crippen LogP) is 2.09. The molecule has 0 saturated carbocycles. The Kier molecular flexibility index (Phi) is 3.70. The maximum absolute atomic E-state index is 11.2. The second kappa shape index (κ2) is 5.65. The summed E-state index contributed by atoms with van der Waals surface area (Å²) in [6.45, 7) is 3.15. The van der Waals surface area contributed by atoms with Crippen molar-refractivity contribution >= 4 is 5.97 Å². The lowest BCUT2D eigenvalue weighted by Crippen LogP contribution is -2.35. The van der Waals surface area contributed by atoms with E-state index in [2.05, 4.69) is 10.2 Å². The number of aliphatic carboxylic acids is 1. The molecule has 1 atom stereocenters. The molecule has 0 amide bonds. The molecule has 1 aliphatic rings. The van der Waals surface area contributed by atoms with Crippen molar-refractivity contribution in [2.75, 3.05) is 6.54 Å². The summed E-state index contributed by atoms with van der Waals surface area (Å²) >= 11 is 0. The Hall–Kier alpha value is -2.21. The first-order chi connectivity index (χ1) is 10.1. The third-order valence-corrected chi connectivity index (χ3v) is 3.75. The third kappa shape index (κ3) is 2.95. The second-order valence-corrected chi connectivity index (χ2v) is 5.33. The highest BCUT2D eigenvalue weighted by molar-refractivity contribution is 5.73. The number of likely N-dealkylation sites (tertiary alicyclic amines) is 1. The number of carboxylic acids is 1. The van der Waals surface area contributed by atoms with Crippen LogP contribution in [0, 0.1) is 6.92 Å². The van der Waals surface area contributed by atoms with Gasteiger partial charge in [-0.2, -0.15) is 0 Å². The first-order valence-electron chi connectivity index (χ1n) is 7.00. The summed E-state index contributed by atoms with van der Waals surface area (Å²) in [5.41, 5.74) is 2.04. The number of carboxylic acid groups (broad SMARTS) is 1. The van der Waals surface area contributed by atoms with Crippen molar-refractivity contribution in [3.05, 3.63) is 35.7 Å². The van der Waals surface area contributed by atoms with Crippen LogP contribution in [-0.4, -0.2) is 38.8 Å². The number of aryl methyl sites for hydroxylation is 1. The van der Waals surface area contributed by atoms with E-state index in [1.165, 1.54) is 5.56 Å². The van der Waals surface area contributed by atoms with Gasteiger partial charge >= 0.3 is 5.97 Å². The SMILES string of the molecule is Cc1ccc(-c2nnc(CN3CCCC3C(=O)O)o2)cc1. The van der Waals surface area contributed by atoms with Crippen LogP contribution in [0.1, 0.15) is 24.3 Å². The molecule has 0 aliphatic carbocycles. The van der Waals surface area contributed by atoms with Gasteiger partial charge in [0.05, 0.1) is 6.54 Å². The molecule has 6 heteroatoms. The van der Waals surface area contributed by atoms with E-state index >= 15 is 0 Å². The fourth-order valence-corrected chi connectivity index (χ4v) is 2.60. The Balaban J connectivity index is 1.73. The number of hydrogen-bond donors (Lipinski definition) is 1. The van der Waals surface area contributed by atoms with E-state index < -0.39 is 12.0 Å². The van der Waals surface area contributed by atoms with Gasteiger partial charge in [0, 0.05) is 5.56 Å². The number of rotatable bonds is 4. The molecule has 1 fully saturated rings. The molecule has 1 aromatic heterocycles. The van der Waals surface area contributed by atoms with Gasteiger partial charge in [0.2, 0.25) is 11.8 Å². The first-order valence-corrected chi connectivity index (χ1v) is 7.00. The minimum absolute atomic E-state index is 0.385. The Morgan fingerprint density at radius 3 is 2.86 bits per heavy atom. The number of hydrogen-bond acceptors (Lipinski definition) is 5. The zero-order chi connectivity index (χ0) is 14.8. The van der Waals surface area contributed by atoms with Crippen LogP contribution in [0.4, 0.5) is 0 Å². The van der Waals surface area contributed by atoms with Crippen molar-refractivity contribution < 1.29 is 14.3 Å². The predicted molar refractivity (Wildman–Crippen MR) is 75.5 cm³/mol. The summed E-state index contributed by atoms with van der Waals surface area (Å²) < 4.78 is 5.64. The van der Waals surface area contributed by atoms with Gasteiger partial charge in [-0.15, -0.1) is 10.2 Å². The van der Waals surface area contributed by atoms with Crippen molar-refractivity contribution in [2.24, 2.45) is 0 Å². The topological polar surface area (TPSA) is 79.5 Å². The van der Waals surface area contributed by atoms with Crippen LogP contribution in [0.3, 0.4) is 0 Å². The average molecular weight is 287 g/mol. The molecule has 1 N–H and O–H groups in total. The zero-order valence-electron chi connectivity index (χ0n) is 11.8. The molecule has 2 heterocycles. The van der Waals surface area contributed by atoms with E-state index in [0.29, 0.717) is 24.7 Å². The van der Waals surface area contributed by atoms with Crippen LogP contribution in [0.25, 0.3) is 11.5 Å². The lowest BCUT2D eigenvalue weighted by atomic mass is 10.1. The second-order valence-electron chi connectivity index (χ2n) is 5.33. The highest BCUT2D eigenvalue weighted by Gasteiger charge is 2.31. The Labute approximate surface area is 122 Å². The lowest BCUT2D eigenvalue weighted by molar-refractivity contribution is -0.142. The number of nitrogens with zero attached hydrogens (tertiary/aromatic N) is 3. The van der Waals surface area contributed by atoms with Crippen molar-refractivity contribution in [2.45, 2.75) is 32.4 Å². The molecule has 6 nitrogen and oxygen atoms in total. The lowest BCUT2D eigenvalue weighted by Gasteiger charge is -2.18. The first kappa shape index (κ1) is 13.8. The monoisotopic (exact) mass is 287 g/mol. The summed E-state index contributed by atoms with van der Waals surface area (Å²) in [7, 11) is 0. The molecule has 2 aromatic rings. The van der Waals surface area contributed by atoms with Gasteiger partial charge in [0.15, 0.2) is 0 Å². The standard InChI is InChI=1S/C15H17N3O3/c1-10-4-6-11(7-5-10)14-17-16-13(21-14)9-18-8-2-3-12(18)15(19)20/h4-7,12H,2-3,8-9H2,1H3,(H,19,20). The van der Waals surface area contributed by atoms with E-state index in [9.17, 15) is 4.79 Å². The fraction of sp³-hybridized carbons (Fsp3) is 0.400. The van der Waals surface area contributed by atoms with Gasteiger partial charge in [-0.25, -0.2) is 0 Å². The van der Waals surface area contributed by atoms with Crippen molar-refractivity contribution in [1.82, 2.24) is 15.1 Å². The van der Waals surface area contributed by atoms with E-state index in [-0.39, 0.29) is 0 Å². The fourth-order valence-electron chi connectivity index (χ4n) is 2.60. The quantitative estimate of drug-likeness (QED) is 0.927. The van der Waals surface area contributed by atoms with Crippen LogP contribution in [0.15, 0.2) is 28.7 Å². The van der Waals surface area contributed by atoms with Gasteiger partial charge in [-0.1, -0.05) is 17.7 Å². The maximum atomic E-state index is 11.2. The summed E-state index contributed by atoms with van der Waals surface area (Å²) in [6.07, 6.45) is 1.56. The molecule has 1 saturated heterocycles. The number of carbonyl (C=O) groups is 1. The normalized spacial score (nSPS) is 19.0. The summed E-state index contributed by atoms with van der Waals surface area (Å²) in [5.74, 6) is 0.139. The number of benzene rings is 1. The molecule has 21 heavy (non-hydrogen) atoms. The maximum Gasteiger partial charge on any atom is 0.320 e.